The third-order valence-corrected chi connectivity index (χ3v) is 1.91. The van der Waals surface area contributed by atoms with Crippen LogP contribution in [0.5, 0.6) is 0 Å². The molecule has 3 nitrogen and oxygen atoms in total. The highest BCUT2D eigenvalue weighted by Crippen LogP contribution is 2.16. The van der Waals surface area contributed by atoms with Crippen LogP contribution in [0.25, 0.3) is 0 Å². The van der Waals surface area contributed by atoms with Crippen LogP contribution < -0.4 is 10.6 Å². The van der Waals surface area contributed by atoms with Gasteiger partial charge in [0.2, 0.25) is 0 Å². The Bertz CT molecular complexity index is 329. The highest BCUT2D eigenvalue weighted by Gasteiger charge is 2.11. The van der Waals surface area contributed by atoms with Crippen molar-refractivity contribution in [2.45, 2.75) is 6.29 Å². The van der Waals surface area contributed by atoms with E-state index in [1.54, 1.807) is 6.21 Å². The molecule has 1 aliphatic rings. The summed E-state index contributed by atoms with van der Waals surface area (Å²) in [5.41, 5.74) is 6.85. The average Bonchev–Trinajstić information content (AvgIpc) is 2.20. The van der Waals surface area contributed by atoms with E-state index in [0.717, 1.165) is 5.69 Å². The Morgan fingerprint density at radius 1 is 1.23 bits per heavy atom. The number of allylic oxidation sites excluding steroid dienone is 1. The molecule has 0 radical (unpaired) electrons. The molecule has 0 fully saturated rings. The molecule has 0 bridgehead atoms. The molecule has 0 saturated heterocycles. The molecule has 1 atom stereocenters. The fraction of sp³-hybridized carbons (Fsp3) is 0.100. The molecule has 1 aromatic rings. The second-order valence-corrected chi connectivity index (χ2v) is 2.80. The van der Waals surface area contributed by atoms with Crippen LogP contribution in [0.3, 0.4) is 0 Å². The fourth-order valence-electron chi connectivity index (χ4n) is 1.27. The van der Waals surface area contributed by atoms with Crippen LogP contribution in [-0.2, 0) is 0 Å². The van der Waals surface area contributed by atoms with Gasteiger partial charge < -0.3 is 4.90 Å². The molecule has 13 heavy (non-hydrogen) atoms. The minimum Gasteiger partial charge on any atom is -0.313 e. The Balaban J connectivity index is 2.27. The summed E-state index contributed by atoms with van der Waals surface area (Å²) in [6.45, 7) is 0. The van der Waals surface area contributed by atoms with Gasteiger partial charge in [-0.25, -0.2) is 0 Å². The van der Waals surface area contributed by atoms with Crippen molar-refractivity contribution in [3.05, 3.63) is 42.6 Å². The first-order valence-corrected chi connectivity index (χ1v) is 4.17. The summed E-state index contributed by atoms with van der Waals surface area (Å²) in [5.74, 6) is 0. The first kappa shape index (κ1) is 8.01. The largest absolute Gasteiger partial charge is 0.313 e. The highest BCUT2D eigenvalue weighted by atomic mass is 15.3. The van der Waals surface area contributed by atoms with Crippen LogP contribution in [0.15, 0.2) is 47.6 Å². The number of para-hydroxylation sites is 1. The van der Waals surface area contributed by atoms with Gasteiger partial charge in [0, 0.05) is 18.1 Å². The summed E-state index contributed by atoms with van der Waals surface area (Å²) in [6.07, 6.45) is 5.21. The number of hydrogen-bond donors (Lipinski definition) is 1. The Kier molecular flexibility index (Phi) is 2.10. The second-order valence-electron chi connectivity index (χ2n) is 2.80. The molecule has 1 unspecified atom stereocenters. The summed E-state index contributed by atoms with van der Waals surface area (Å²) in [5, 5.41) is 0. The van der Waals surface area contributed by atoms with Crippen molar-refractivity contribution >= 4 is 11.9 Å². The molecular weight excluding hydrogens is 162 g/mol. The molecule has 3 heteroatoms. The molecule has 2 N–H and O–H groups in total. The Morgan fingerprint density at radius 3 is 2.69 bits per heavy atom. The highest BCUT2D eigenvalue weighted by molar-refractivity contribution is 5.74. The maximum Gasteiger partial charge on any atom is 0.177 e. The quantitative estimate of drug-likeness (QED) is 0.696. The van der Waals surface area contributed by atoms with Gasteiger partial charge in [-0.05, 0) is 18.2 Å². The van der Waals surface area contributed by atoms with E-state index in [9.17, 15) is 0 Å². The van der Waals surface area contributed by atoms with E-state index < -0.39 is 0 Å². The third kappa shape index (κ3) is 1.60. The van der Waals surface area contributed by atoms with Gasteiger partial charge in [-0.3, -0.25) is 10.7 Å². The van der Waals surface area contributed by atoms with E-state index >= 15 is 0 Å². The number of aliphatic imine (C=N–C) groups is 1. The summed E-state index contributed by atoms with van der Waals surface area (Å²) in [4.78, 5) is 6.00. The minimum atomic E-state index is -0.299. The average molecular weight is 173 g/mol. The van der Waals surface area contributed by atoms with Gasteiger partial charge in [-0.2, -0.15) is 0 Å². The molecule has 1 aliphatic heterocycles. The predicted molar refractivity (Wildman–Crippen MR) is 54.5 cm³/mol. The van der Waals surface area contributed by atoms with Crippen LogP contribution in [0.1, 0.15) is 0 Å². The number of nitrogens with two attached hydrogens (primary N) is 1. The summed E-state index contributed by atoms with van der Waals surface area (Å²) in [6, 6.07) is 9.95. The number of nitrogens with zero attached hydrogens (tertiary/aromatic N) is 2. The van der Waals surface area contributed by atoms with Gasteiger partial charge in [0.15, 0.2) is 6.29 Å². The van der Waals surface area contributed by atoms with Crippen LogP contribution in [0.2, 0.25) is 0 Å². The minimum absolute atomic E-state index is 0.299. The predicted octanol–water partition coefficient (Wildman–Crippen LogP) is 1.33. The summed E-state index contributed by atoms with van der Waals surface area (Å²) >= 11 is 0. The molecule has 0 aromatic heterocycles. The van der Waals surface area contributed by atoms with Crippen molar-refractivity contribution < 1.29 is 0 Å². The maximum absolute atomic E-state index is 5.79. The first-order valence-electron chi connectivity index (χ1n) is 4.17. The van der Waals surface area contributed by atoms with Crippen molar-refractivity contribution in [1.82, 2.24) is 0 Å². The normalized spacial score (nSPS) is 20.7. The number of hydrogen-bond acceptors (Lipinski definition) is 3. The van der Waals surface area contributed by atoms with Crippen molar-refractivity contribution in [2.24, 2.45) is 10.7 Å². The molecule has 0 saturated carbocycles. The topological polar surface area (TPSA) is 41.6 Å². The summed E-state index contributed by atoms with van der Waals surface area (Å²) < 4.78 is 0. The van der Waals surface area contributed by atoms with Gasteiger partial charge in [0.25, 0.3) is 0 Å². The lowest BCUT2D eigenvalue weighted by Crippen LogP contribution is -2.38. The van der Waals surface area contributed by atoms with Gasteiger partial charge in [-0.15, -0.1) is 0 Å². The van der Waals surface area contributed by atoms with E-state index in [0.29, 0.717) is 0 Å². The molecule has 66 valence electrons. The molecule has 0 amide bonds. The zero-order valence-corrected chi connectivity index (χ0v) is 7.17. The Labute approximate surface area is 77.2 Å². The standard InChI is InChI=1S/C10H11N3/c11-10-12-7-4-8-13(10)9-5-2-1-3-6-9/h1-8,10H,11H2. The zero-order valence-electron chi connectivity index (χ0n) is 7.17. The Hall–Kier alpha value is -1.61. The Morgan fingerprint density at radius 2 is 2.00 bits per heavy atom. The molecular formula is C10H11N3. The van der Waals surface area contributed by atoms with Crippen molar-refractivity contribution in [2.75, 3.05) is 4.90 Å². The van der Waals surface area contributed by atoms with Crippen LogP contribution in [-0.4, -0.2) is 12.5 Å². The van der Waals surface area contributed by atoms with Crippen molar-refractivity contribution in [3.8, 4) is 0 Å². The van der Waals surface area contributed by atoms with Gasteiger partial charge >= 0.3 is 0 Å². The van der Waals surface area contributed by atoms with Crippen LogP contribution in [0.4, 0.5) is 5.69 Å². The zero-order chi connectivity index (χ0) is 9.10. The van der Waals surface area contributed by atoms with E-state index in [-0.39, 0.29) is 6.29 Å². The number of rotatable bonds is 1. The molecule has 2 rings (SSSR count). The first-order chi connectivity index (χ1) is 6.38. The van der Waals surface area contributed by atoms with Crippen LogP contribution >= 0.6 is 0 Å². The van der Waals surface area contributed by atoms with E-state index in [4.69, 9.17) is 5.73 Å². The van der Waals surface area contributed by atoms with Crippen molar-refractivity contribution in [1.29, 1.82) is 0 Å². The van der Waals surface area contributed by atoms with Gasteiger partial charge in [0.05, 0.1) is 0 Å². The lowest BCUT2D eigenvalue weighted by Gasteiger charge is -2.26. The van der Waals surface area contributed by atoms with E-state index in [2.05, 4.69) is 4.99 Å². The maximum atomic E-state index is 5.79. The third-order valence-electron chi connectivity index (χ3n) is 1.91. The SMILES string of the molecule is NC1N=CC=CN1c1ccccc1. The van der Waals surface area contributed by atoms with E-state index in [1.165, 1.54) is 0 Å². The van der Waals surface area contributed by atoms with Crippen LogP contribution in [0, 0.1) is 0 Å². The lowest BCUT2D eigenvalue weighted by atomic mass is 10.3. The lowest BCUT2D eigenvalue weighted by molar-refractivity contribution is 0.711. The fourth-order valence-corrected chi connectivity index (χ4v) is 1.27. The van der Waals surface area contributed by atoms with Crippen molar-refractivity contribution in [3.63, 3.8) is 0 Å². The monoisotopic (exact) mass is 173 g/mol. The smallest absolute Gasteiger partial charge is 0.177 e. The molecule has 0 spiro atoms. The number of anilines is 1. The molecule has 1 aromatic carbocycles. The molecule has 0 aliphatic carbocycles. The van der Waals surface area contributed by atoms with Gasteiger partial charge in [0.1, 0.15) is 0 Å². The van der Waals surface area contributed by atoms with Gasteiger partial charge in [-0.1, -0.05) is 18.2 Å². The second kappa shape index (κ2) is 3.41. The van der Waals surface area contributed by atoms with E-state index in [1.807, 2.05) is 47.5 Å². The molecule has 1 heterocycles. The number of benzene rings is 1. The summed E-state index contributed by atoms with van der Waals surface area (Å²) in [7, 11) is 0.